The molecule has 0 unspecified atom stereocenters. The number of carbonyl (C=O) groups excluding carboxylic acids is 2. The van der Waals surface area contributed by atoms with Crippen LogP contribution in [0.15, 0.2) is 36.4 Å². The molecule has 0 spiro atoms. The number of ether oxygens (including phenoxy) is 4. The summed E-state index contributed by atoms with van der Waals surface area (Å²) < 4.78 is 20.9. The number of benzene rings is 2. The summed E-state index contributed by atoms with van der Waals surface area (Å²) in [6.07, 6.45) is 0. The Balaban J connectivity index is 1.87. The lowest BCUT2D eigenvalue weighted by atomic mass is 10.1. The lowest BCUT2D eigenvalue weighted by Crippen LogP contribution is -2.49. The second kappa shape index (κ2) is 11.1. The fourth-order valence-electron chi connectivity index (χ4n) is 2.27. The molecule has 2 amide bonds. The van der Waals surface area contributed by atoms with Crippen molar-refractivity contribution in [1.82, 2.24) is 16.2 Å². The number of hydrazine groups is 1. The van der Waals surface area contributed by atoms with Crippen molar-refractivity contribution in [2.75, 3.05) is 27.9 Å². The van der Waals surface area contributed by atoms with E-state index >= 15 is 0 Å². The Morgan fingerprint density at radius 3 is 2.10 bits per heavy atom. The molecule has 0 fully saturated rings. The van der Waals surface area contributed by atoms with Crippen molar-refractivity contribution in [2.24, 2.45) is 0 Å². The van der Waals surface area contributed by atoms with Gasteiger partial charge in [0, 0.05) is 10.6 Å². The molecule has 30 heavy (non-hydrogen) atoms. The molecule has 0 saturated carbocycles. The third-order valence-corrected chi connectivity index (χ3v) is 4.11. The van der Waals surface area contributed by atoms with Gasteiger partial charge in [0.2, 0.25) is 5.75 Å². The first-order valence-corrected chi connectivity index (χ1v) is 9.25. The van der Waals surface area contributed by atoms with Crippen LogP contribution in [0.25, 0.3) is 0 Å². The van der Waals surface area contributed by atoms with Crippen molar-refractivity contribution in [3.8, 4) is 23.0 Å². The van der Waals surface area contributed by atoms with Crippen LogP contribution in [-0.2, 0) is 4.79 Å². The maximum absolute atomic E-state index is 12.4. The van der Waals surface area contributed by atoms with Crippen molar-refractivity contribution < 1.29 is 28.5 Å². The molecule has 3 N–H and O–H groups in total. The molecule has 9 nitrogen and oxygen atoms in total. The van der Waals surface area contributed by atoms with Gasteiger partial charge in [0.05, 0.1) is 21.3 Å². The first-order valence-electron chi connectivity index (χ1n) is 8.46. The largest absolute Gasteiger partial charge is 0.493 e. The van der Waals surface area contributed by atoms with Crippen LogP contribution in [0.1, 0.15) is 10.4 Å². The lowest BCUT2D eigenvalue weighted by molar-refractivity contribution is -0.121. The SMILES string of the molecule is COc1cc(C(=O)NNC(=S)NC(=O)COc2ccc(Cl)cc2)cc(OC)c1OC. The number of methoxy groups -OCH3 is 3. The molecule has 0 atom stereocenters. The minimum atomic E-state index is -0.539. The van der Waals surface area contributed by atoms with E-state index < -0.39 is 11.8 Å². The molecule has 0 radical (unpaired) electrons. The second-order valence-corrected chi connectivity index (χ2v) is 6.46. The van der Waals surface area contributed by atoms with Crippen LogP contribution in [0.5, 0.6) is 23.0 Å². The number of nitrogens with one attached hydrogen (secondary N) is 3. The van der Waals surface area contributed by atoms with Crippen molar-refractivity contribution in [3.63, 3.8) is 0 Å². The van der Waals surface area contributed by atoms with Gasteiger partial charge in [-0.1, -0.05) is 11.6 Å². The minimum absolute atomic E-state index is 0.111. The van der Waals surface area contributed by atoms with Crippen LogP contribution >= 0.6 is 23.8 Å². The molecule has 11 heteroatoms. The highest BCUT2D eigenvalue weighted by Crippen LogP contribution is 2.38. The van der Waals surface area contributed by atoms with E-state index in [4.69, 9.17) is 42.8 Å². The minimum Gasteiger partial charge on any atom is -0.493 e. The Labute approximate surface area is 183 Å². The number of halogens is 1. The molecule has 2 aromatic rings. The van der Waals surface area contributed by atoms with E-state index in [1.165, 1.54) is 33.5 Å². The zero-order chi connectivity index (χ0) is 22.1. The van der Waals surface area contributed by atoms with Crippen LogP contribution < -0.4 is 35.1 Å². The number of rotatable bonds is 7. The van der Waals surface area contributed by atoms with E-state index in [0.717, 1.165) is 0 Å². The molecule has 2 aromatic carbocycles. The van der Waals surface area contributed by atoms with Crippen LogP contribution in [0.3, 0.4) is 0 Å². The van der Waals surface area contributed by atoms with Crippen molar-refractivity contribution in [1.29, 1.82) is 0 Å². The monoisotopic (exact) mass is 453 g/mol. The summed E-state index contributed by atoms with van der Waals surface area (Å²) in [5, 5.41) is 2.82. The van der Waals surface area contributed by atoms with Gasteiger partial charge in [0.1, 0.15) is 5.75 Å². The molecule has 0 heterocycles. The van der Waals surface area contributed by atoms with Crippen LogP contribution in [0.4, 0.5) is 0 Å². The predicted octanol–water partition coefficient (Wildman–Crippen LogP) is 2.08. The highest BCUT2D eigenvalue weighted by molar-refractivity contribution is 7.80. The summed E-state index contributed by atoms with van der Waals surface area (Å²) in [4.78, 5) is 24.3. The van der Waals surface area contributed by atoms with E-state index in [1.807, 2.05) is 0 Å². The van der Waals surface area contributed by atoms with Gasteiger partial charge in [-0.15, -0.1) is 0 Å². The maximum Gasteiger partial charge on any atom is 0.269 e. The topological polar surface area (TPSA) is 107 Å². The number of hydrogen-bond donors (Lipinski definition) is 3. The summed E-state index contributed by atoms with van der Waals surface area (Å²) in [6, 6.07) is 9.48. The quantitative estimate of drug-likeness (QED) is 0.432. The summed E-state index contributed by atoms with van der Waals surface area (Å²) in [5.74, 6) is 0.416. The Morgan fingerprint density at radius 1 is 0.967 bits per heavy atom. The highest BCUT2D eigenvalue weighted by Gasteiger charge is 2.17. The fourth-order valence-corrected chi connectivity index (χ4v) is 2.56. The zero-order valence-electron chi connectivity index (χ0n) is 16.4. The van der Waals surface area contributed by atoms with Gasteiger partial charge >= 0.3 is 0 Å². The maximum atomic E-state index is 12.4. The van der Waals surface area contributed by atoms with Crippen LogP contribution in [0, 0.1) is 0 Å². The third-order valence-electron chi connectivity index (χ3n) is 3.65. The van der Waals surface area contributed by atoms with Gasteiger partial charge in [0.15, 0.2) is 23.2 Å². The molecule has 0 aromatic heterocycles. The van der Waals surface area contributed by atoms with Gasteiger partial charge in [-0.25, -0.2) is 0 Å². The fraction of sp³-hybridized carbons (Fsp3) is 0.211. The number of hydrogen-bond acceptors (Lipinski definition) is 7. The van der Waals surface area contributed by atoms with E-state index in [-0.39, 0.29) is 17.3 Å². The molecular weight excluding hydrogens is 434 g/mol. The molecule has 2 rings (SSSR count). The molecule has 0 bridgehead atoms. The van der Waals surface area contributed by atoms with Gasteiger partial charge in [-0.2, -0.15) is 0 Å². The average molecular weight is 454 g/mol. The van der Waals surface area contributed by atoms with Crippen LogP contribution in [0.2, 0.25) is 5.02 Å². The van der Waals surface area contributed by atoms with E-state index in [1.54, 1.807) is 24.3 Å². The van der Waals surface area contributed by atoms with Crippen molar-refractivity contribution in [3.05, 3.63) is 47.0 Å². The Bertz CT molecular complexity index is 898. The van der Waals surface area contributed by atoms with Crippen molar-refractivity contribution >= 4 is 40.7 Å². The first kappa shape index (κ1) is 23.0. The van der Waals surface area contributed by atoms with E-state index in [9.17, 15) is 9.59 Å². The Hall–Kier alpha value is -3.24. The molecule has 0 aliphatic carbocycles. The summed E-state index contributed by atoms with van der Waals surface area (Å²) in [5.41, 5.74) is 5.03. The lowest BCUT2D eigenvalue weighted by Gasteiger charge is -2.15. The number of carbonyl (C=O) groups is 2. The number of thiocarbonyl (C=S) groups is 1. The molecule has 160 valence electrons. The summed E-state index contributed by atoms with van der Waals surface area (Å²) in [6.45, 7) is -0.274. The van der Waals surface area contributed by atoms with Gasteiger partial charge in [0.25, 0.3) is 11.8 Å². The Morgan fingerprint density at radius 2 is 1.57 bits per heavy atom. The smallest absolute Gasteiger partial charge is 0.269 e. The standard InChI is InChI=1S/C19H20ClN3O6S/c1-26-14-8-11(9-15(27-2)17(14)28-3)18(25)22-23-19(30)21-16(24)10-29-13-6-4-12(20)5-7-13/h4-9H,10H2,1-3H3,(H,22,25)(H2,21,23,24,30). The van der Waals surface area contributed by atoms with Gasteiger partial charge in [-0.3, -0.25) is 25.8 Å². The van der Waals surface area contributed by atoms with Gasteiger partial charge in [-0.05, 0) is 48.6 Å². The molecule has 0 aliphatic rings. The van der Waals surface area contributed by atoms with Crippen LogP contribution in [-0.4, -0.2) is 44.9 Å². The van der Waals surface area contributed by atoms with E-state index in [2.05, 4.69) is 16.2 Å². The molecular formula is C19H20ClN3O6S. The summed E-state index contributed by atoms with van der Waals surface area (Å²) >= 11 is 10.8. The predicted molar refractivity (Wildman–Crippen MR) is 114 cm³/mol. The van der Waals surface area contributed by atoms with Gasteiger partial charge < -0.3 is 18.9 Å². The summed E-state index contributed by atoms with van der Waals surface area (Å²) in [7, 11) is 4.33. The number of amides is 2. The zero-order valence-corrected chi connectivity index (χ0v) is 18.0. The molecule has 0 aliphatic heterocycles. The second-order valence-electron chi connectivity index (χ2n) is 5.61. The highest BCUT2D eigenvalue weighted by atomic mass is 35.5. The first-order chi connectivity index (χ1) is 14.4. The van der Waals surface area contributed by atoms with Crippen molar-refractivity contribution in [2.45, 2.75) is 0 Å². The average Bonchev–Trinajstić information content (AvgIpc) is 2.75. The van der Waals surface area contributed by atoms with E-state index in [0.29, 0.717) is 28.0 Å². The molecule has 0 saturated heterocycles. The third kappa shape index (κ3) is 6.39. The normalized spacial score (nSPS) is 9.87. The Kier molecular flexibility index (Phi) is 8.51.